The molecule has 0 amide bonds. The summed E-state index contributed by atoms with van der Waals surface area (Å²) in [6.45, 7) is 7.06. The van der Waals surface area contributed by atoms with E-state index in [0.717, 1.165) is 5.92 Å². The molecule has 13 heavy (non-hydrogen) atoms. The summed E-state index contributed by atoms with van der Waals surface area (Å²) in [7, 11) is 0. The Morgan fingerprint density at radius 2 is 2.00 bits per heavy atom. The second-order valence-electron chi connectivity index (χ2n) is 4.54. The molecule has 0 saturated heterocycles. The van der Waals surface area contributed by atoms with Gasteiger partial charge in [0.05, 0.1) is 0 Å². The van der Waals surface area contributed by atoms with Crippen LogP contribution in [0.25, 0.3) is 0 Å². The van der Waals surface area contributed by atoms with Gasteiger partial charge >= 0.3 is 0 Å². The smallest absolute Gasteiger partial charge is 0.0232 e. The molecule has 0 aromatic heterocycles. The van der Waals surface area contributed by atoms with Crippen molar-refractivity contribution in [2.75, 3.05) is 0 Å². The van der Waals surface area contributed by atoms with Crippen LogP contribution in [-0.4, -0.2) is 0 Å². The Hall–Kier alpha value is -0.260. The van der Waals surface area contributed by atoms with Gasteiger partial charge in [-0.15, -0.1) is 0 Å². The van der Waals surface area contributed by atoms with Crippen LogP contribution in [0.4, 0.5) is 0 Å². The minimum absolute atomic E-state index is 0.849. The third-order valence-corrected chi connectivity index (χ3v) is 3.46. The van der Waals surface area contributed by atoms with Gasteiger partial charge in [0.15, 0.2) is 0 Å². The lowest BCUT2D eigenvalue weighted by Gasteiger charge is -2.21. The number of rotatable bonds is 2. The first kappa shape index (κ1) is 10.8. The molecule has 1 rings (SSSR count). The minimum Gasteiger partial charge on any atom is -0.0713 e. The van der Waals surface area contributed by atoms with Crippen molar-refractivity contribution in [3.05, 3.63) is 11.1 Å². The number of allylic oxidation sites excluding steroid dienone is 2. The molecule has 1 aliphatic carbocycles. The van der Waals surface area contributed by atoms with E-state index in [9.17, 15) is 0 Å². The van der Waals surface area contributed by atoms with E-state index in [0.29, 0.717) is 0 Å². The van der Waals surface area contributed by atoms with Gasteiger partial charge in [0, 0.05) is 0 Å². The Balaban J connectivity index is 2.68. The van der Waals surface area contributed by atoms with E-state index in [2.05, 4.69) is 20.8 Å². The highest BCUT2D eigenvalue weighted by Crippen LogP contribution is 2.29. The first-order valence-electron chi connectivity index (χ1n) is 5.94. The number of hydrogen-bond donors (Lipinski definition) is 0. The molecule has 0 spiro atoms. The first-order chi connectivity index (χ1) is 6.25. The standard InChI is InChI=1S/C13H24/c1-4-8-13-10-7-5-6-9-11(2)12(13)3/h11H,4-10H2,1-3H3/b13-12+. The van der Waals surface area contributed by atoms with Crippen molar-refractivity contribution in [2.24, 2.45) is 5.92 Å². The molecule has 1 unspecified atom stereocenters. The SMILES string of the molecule is CCC/C1=C(/C)C(C)CCCCC1. The van der Waals surface area contributed by atoms with E-state index < -0.39 is 0 Å². The summed E-state index contributed by atoms with van der Waals surface area (Å²) in [5.74, 6) is 0.849. The van der Waals surface area contributed by atoms with Gasteiger partial charge in [-0.1, -0.05) is 44.3 Å². The first-order valence-corrected chi connectivity index (χ1v) is 5.94. The maximum Gasteiger partial charge on any atom is -0.0232 e. The molecule has 0 N–H and O–H groups in total. The molecule has 1 atom stereocenters. The summed E-state index contributed by atoms with van der Waals surface area (Å²) in [4.78, 5) is 0. The lowest BCUT2D eigenvalue weighted by Crippen LogP contribution is -2.04. The summed E-state index contributed by atoms with van der Waals surface area (Å²) in [5, 5.41) is 0. The summed E-state index contributed by atoms with van der Waals surface area (Å²) in [5.41, 5.74) is 3.48. The molecular formula is C13H24. The molecule has 0 heterocycles. The monoisotopic (exact) mass is 180 g/mol. The predicted molar refractivity (Wildman–Crippen MR) is 59.9 cm³/mol. The molecule has 0 bridgehead atoms. The second kappa shape index (κ2) is 5.47. The van der Waals surface area contributed by atoms with E-state index >= 15 is 0 Å². The van der Waals surface area contributed by atoms with Crippen molar-refractivity contribution in [1.82, 2.24) is 0 Å². The highest BCUT2D eigenvalue weighted by Gasteiger charge is 2.12. The lowest BCUT2D eigenvalue weighted by molar-refractivity contribution is 0.512. The van der Waals surface area contributed by atoms with Crippen LogP contribution in [0.1, 0.15) is 65.7 Å². The molecule has 0 radical (unpaired) electrons. The minimum atomic E-state index is 0.849. The molecule has 0 aliphatic heterocycles. The molecule has 1 aliphatic rings. The quantitative estimate of drug-likeness (QED) is 0.540. The van der Waals surface area contributed by atoms with Crippen LogP contribution in [0, 0.1) is 5.92 Å². The van der Waals surface area contributed by atoms with E-state index in [4.69, 9.17) is 0 Å². The summed E-state index contributed by atoms with van der Waals surface area (Å²) in [6, 6.07) is 0. The van der Waals surface area contributed by atoms with Gasteiger partial charge in [0.2, 0.25) is 0 Å². The van der Waals surface area contributed by atoms with Gasteiger partial charge in [0.25, 0.3) is 0 Å². The van der Waals surface area contributed by atoms with E-state index in [1.807, 2.05) is 0 Å². The van der Waals surface area contributed by atoms with Crippen LogP contribution in [-0.2, 0) is 0 Å². The van der Waals surface area contributed by atoms with Gasteiger partial charge in [-0.05, 0) is 38.5 Å². The van der Waals surface area contributed by atoms with Crippen LogP contribution in [0.2, 0.25) is 0 Å². The molecule has 76 valence electrons. The van der Waals surface area contributed by atoms with Crippen molar-refractivity contribution in [1.29, 1.82) is 0 Å². The molecule has 0 aromatic rings. The Morgan fingerprint density at radius 3 is 2.69 bits per heavy atom. The topological polar surface area (TPSA) is 0 Å². The summed E-state index contributed by atoms with van der Waals surface area (Å²) in [6.07, 6.45) is 9.78. The molecule has 0 fully saturated rings. The molecular weight excluding hydrogens is 156 g/mol. The highest BCUT2D eigenvalue weighted by molar-refractivity contribution is 5.15. The van der Waals surface area contributed by atoms with Gasteiger partial charge in [-0.3, -0.25) is 0 Å². The van der Waals surface area contributed by atoms with Gasteiger partial charge in [-0.25, -0.2) is 0 Å². The van der Waals surface area contributed by atoms with Gasteiger partial charge in [-0.2, -0.15) is 0 Å². The average Bonchev–Trinajstić information content (AvgIpc) is 2.12. The Morgan fingerprint density at radius 1 is 1.23 bits per heavy atom. The van der Waals surface area contributed by atoms with Crippen molar-refractivity contribution in [3.8, 4) is 0 Å². The maximum absolute atomic E-state index is 2.40. The van der Waals surface area contributed by atoms with E-state index in [1.165, 1.54) is 44.9 Å². The van der Waals surface area contributed by atoms with Crippen molar-refractivity contribution in [2.45, 2.75) is 65.7 Å². The van der Waals surface area contributed by atoms with Crippen molar-refractivity contribution < 1.29 is 0 Å². The van der Waals surface area contributed by atoms with Gasteiger partial charge < -0.3 is 0 Å². The molecule has 0 nitrogen and oxygen atoms in total. The predicted octanol–water partition coefficient (Wildman–Crippen LogP) is 4.70. The fourth-order valence-electron chi connectivity index (χ4n) is 2.35. The van der Waals surface area contributed by atoms with Crippen LogP contribution in [0.5, 0.6) is 0 Å². The Bertz CT molecular complexity index is 176. The van der Waals surface area contributed by atoms with Crippen LogP contribution in [0.3, 0.4) is 0 Å². The number of hydrogen-bond acceptors (Lipinski definition) is 0. The zero-order valence-corrected chi connectivity index (χ0v) is 9.53. The van der Waals surface area contributed by atoms with Crippen LogP contribution in [0.15, 0.2) is 11.1 Å². The zero-order chi connectivity index (χ0) is 9.68. The third kappa shape index (κ3) is 3.17. The second-order valence-corrected chi connectivity index (χ2v) is 4.54. The maximum atomic E-state index is 2.40. The normalized spacial score (nSPS) is 31.2. The molecule has 0 saturated carbocycles. The van der Waals surface area contributed by atoms with Crippen molar-refractivity contribution in [3.63, 3.8) is 0 Å². The molecule has 0 heteroatoms. The van der Waals surface area contributed by atoms with Crippen LogP contribution >= 0.6 is 0 Å². The van der Waals surface area contributed by atoms with Crippen molar-refractivity contribution >= 4 is 0 Å². The van der Waals surface area contributed by atoms with E-state index in [-0.39, 0.29) is 0 Å². The molecule has 0 aromatic carbocycles. The fraction of sp³-hybridized carbons (Fsp3) is 0.846. The third-order valence-electron chi connectivity index (χ3n) is 3.46. The zero-order valence-electron chi connectivity index (χ0n) is 9.53. The highest BCUT2D eigenvalue weighted by atomic mass is 14.2. The summed E-state index contributed by atoms with van der Waals surface area (Å²) < 4.78 is 0. The summed E-state index contributed by atoms with van der Waals surface area (Å²) >= 11 is 0. The largest absolute Gasteiger partial charge is 0.0713 e. The lowest BCUT2D eigenvalue weighted by atomic mass is 9.85. The average molecular weight is 180 g/mol. The Labute approximate surface area is 83.4 Å². The fourth-order valence-corrected chi connectivity index (χ4v) is 2.35. The van der Waals surface area contributed by atoms with Crippen LogP contribution < -0.4 is 0 Å². The van der Waals surface area contributed by atoms with Gasteiger partial charge in [0.1, 0.15) is 0 Å². The Kier molecular flexibility index (Phi) is 4.55. The van der Waals surface area contributed by atoms with E-state index in [1.54, 1.807) is 11.1 Å².